The molecule has 2 heterocycles. The summed E-state index contributed by atoms with van der Waals surface area (Å²) < 4.78 is 5.50. The monoisotopic (exact) mass is 209 g/mol. The van der Waals surface area contributed by atoms with Gasteiger partial charge in [0.05, 0.1) is 6.54 Å². The van der Waals surface area contributed by atoms with Gasteiger partial charge < -0.3 is 4.42 Å². The van der Waals surface area contributed by atoms with Crippen molar-refractivity contribution in [2.45, 2.75) is 39.7 Å². The first-order valence-corrected chi connectivity index (χ1v) is 5.81. The van der Waals surface area contributed by atoms with Crippen LogP contribution in [0.25, 0.3) is 0 Å². The van der Waals surface area contributed by atoms with Gasteiger partial charge >= 0.3 is 0 Å². The summed E-state index contributed by atoms with van der Waals surface area (Å²) in [4.78, 5) is 2.40. The van der Waals surface area contributed by atoms with E-state index in [0.717, 1.165) is 43.8 Å². The molecule has 0 saturated carbocycles. The van der Waals surface area contributed by atoms with Crippen molar-refractivity contribution in [1.29, 1.82) is 0 Å². The molecule has 1 aliphatic rings. The van der Waals surface area contributed by atoms with Gasteiger partial charge in [0, 0.05) is 6.42 Å². The molecule has 0 amide bonds. The molecule has 0 unspecified atom stereocenters. The Morgan fingerprint density at radius 2 is 1.93 bits per heavy atom. The minimum atomic E-state index is 0.746. The smallest absolute Gasteiger partial charge is 0.230 e. The molecule has 0 aromatic carbocycles. The highest BCUT2D eigenvalue weighted by Crippen LogP contribution is 2.17. The van der Waals surface area contributed by atoms with Crippen molar-refractivity contribution < 1.29 is 4.42 Å². The van der Waals surface area contributed by atoms with Crippen LogP contribution in [0.4, 0.5) is 0 Å². The normalized spacial score (nSPS) is 19.6. The molecule has 1 aromatic rings. The molecule has 0 aliphatic carbocycles. The summed E-state index contributed by atoms with van der Waals surface area (Å²) in [7, 11) is 0. The van der Waals surface area contributed by atoms with Crippen LogP contribution in [0, 0.1) is 5.92 Å². The first-order valence-electron chi connectivity index (χ1n) is 5.81. The highest BCUT2D eigenvalue weighted by atomic mass is 16.4. The quantitative estimate of drug-likeness (QED) is 0.762. The third kappa shape index (κ3) is 2.78. The second kappa shape index (κ2) is 4.75. The summed E-state index contributed by atoms with van der Waals surface area (Å²) in [6, 6.07) is 0. The zero-order valence-electron chi connectivity index (χ0n) is 9.57. The highest BCUT2D eigenvalue weighted by Gasteiger charge is 2.17. The van der Waals surface area contributed by atoms with Gasteiger partial charge in [-0.05, 0) is 31.8 Å². The molecule has 84 valence electrons. The van der Waals surface area contributed by atoms with Crippen molar-refractivity contribution in [3.05, 3.63) is 11.8 Å². The summed E-state index contributed by atoms with van der Waals surface area (Å²) in [5.41, 5.74) is 0. The van der Waals surface area contributed by atoms with E-state index in [1.165, 1.54) is 12.8 Å². The highest BCUT2D eigenvalue weighted by molar-refractivity contribution is 4.82. The zero-order chi connectivity index (χ0) is 10.7. The maximum atomic E-state index is 5.50. The number of aromatic nitrogens is 2. The fraction of sp³-hybridized carbons (Fsp3) is 0.818. The summed E-state index contributed by atoms with van der Waals surface area (Å²) >= 11 is 0. The van der Waals surface area contributed by atoms with Gasteiger partial charge in [-0.3, -0.25) is 4.90 Å². The van der Waals surface area contributed by atoms with E-state index in [-0.39, 0.29) is 0 Å². The maximum absolute atomic E-state index is 5.50. The van der Waals surface area contributed by atoms with Crippen LogP contribution in [-0.4, -0.2) is 28.2 Å². The fourth-order valence-electron chi connectivity index (χ4n) is 1.91. The number of piperidine rings is 1. The average molecular weight is 209 g/mol. The van der Waals surface area contributed by atoms with Crippen LogP contribution in [0.5, 0.6) is 0 Å². The van der Waals surface area contributed by atoms with E-state index in [0.29, 0.717) is 0 Å². The number of likely N-dealkylation sites (tertiary alicyclic amines) is 1. The molecule has 1 aliphatic heterocycles. The Kier molecular flexibility index (Phi) is 3.36. The van der Waals surface area contributed by atoms with Gasteiger partial charge in [-0.25, -0.2) is 0 Å². The molecule has 15 heavy (non-hydrogen) atoms. The van der Waals surface area contributed by atoms with Crippen molar-refractivity contribution in [2.75, 3.05) is 13.1 Å². The Labute approximate surface area is 90.7 Å². The van der Waals surface area contributed by atoms with Crippen LogP contribution in [0.2, 0.25) is 0 Å². The fourth-order valence-corrected chi connectivity index (χ4v) is 1.91. The summed E-state index contributed by atoms with van der Waals surface area (Å²) in [5.74, 6) is 2.38. The van der Waals surface area contributed by atoms with E-state index >= 15 is 0 Å². The van der Waals surface area contributed by atoms with E-state index in [2.05, 4.69) is 22.0 Å². The molecule has 1 aromatic heterocycles. The maximum Gasteiger partial charge on any atom is 0.230 e. The largest absolute Gasteiger partial charge is 0.424 e. The van der Waals surface area contributed by atoms with Gasteiger partial charge in [0.25, 0.3) is 0 Å². The van der Waals surface area contributed by atoms with Crippen molar-refractivity contribution in [2.24, 2.45) is 5.92 Å². The molecule has 1 saturated heterocycles. The van der Waals surface area contributed by atoms with Crippen molar-refractivity contribution in [3.63, 3.8) is 0 Å². The van der Waals surface area contributed by atoms with Crippen LogP contribution in [0.1, 0.15) is 38.5 Å². The minimum absolute atomic E-state index is 0.746. The number of rotatable bonds is 3. The Hall–Kier alpha value is -0.900. The van der Waals surface area contributed by atoms with Crippen LogP contribution in [0.15, 0.2) is 4.42 Å². The number of nitrogens with zero attached hydrogens (tertiary/aromatic N) is 3. The van der Waals surface area contributed by atoms with Gasteiger partial charge in [0.15, 0.2) is 0 Å². The molecule has 0 bridgehead atoms. The summed E-state index contributed by atoms with van der Waals surface area (Å²) in [5, 5.41) is 8.01. The van der Waals surface area contributed by atoms with Crippen LogP contribution < -0.4 is 0 Å². The van der Waals surface area contributed by atoms with Crippen LogP contribution in [0.3, 0.4) is 0 Å². The molecule has 2 rings (SSSR count). The molecule has 0 atom stereocenters. The van der Waals surface area contributed by atoms with Gasteiger partial charge in [-0.15, -0.1) is 10.2 Å². The SMILES string of the molecule is CCc1nnc(CN2CCC(C)CC2)o1. The van der Waals surface area contributed by atoms with E-state index < -0.39 is 0 Å². The first-order chi connectivity index (χ1) is 7.28. The predicted octanol–water partition coefficient (Wildman–Crippen LogP) is 1.86. The molecule has 4 heteroatoms. The second-order valence-electron chi connectivity index (χ2n) is 4.40. The van der Waals surface area contributed by atoms with Crippen LogP contribution >= 0.6 is 0 Å². The van der Waals surface area contributed by atoms with E-state index in [9.17, 15) is 0 Å². The molecule has 1 fully saturated rings. The lowest BCUT2D eigenvalue weighted by Crippen LogP contribution is -2.32. The molecule has 0 radical (unpaired) electrons. The van der Waals surface area contributed by atoms with Crippen molar-refractivity contribution in [1.82, 2.24) is 15.1 Å². The van der Waals surface area contributed by atoms with Gasteiger partial charge in [0.1, 0.15) is 0 Å². The topological polar surface area (TPSA) is 42.2 Å². The average Bonchev–Trinajstić information content (AvgIpc) is 2.69. The first kappa shape index (κ1) is 10.6. The lowest BCUT2D eigenvalue weighted by molar-refractivity contribution is 0.170. The van der Waals surface area contributed by atoms with E-state index in [1.807, 2.05) is 6.92 Å². The van der Waals surface area contributed by atoms with Crippen LogP contribution in [-0.2, 0) is 13.0 Å². The zero-order valence-corrected chi connectivity index (χ0v) is 9.57. The molecule has 4 nitrogen and oxygen atoms in total. The van der Waals surface area contributed by atoms with E-state index in [4.69, 9.17) is 4.42 Å². The molecule has 0 spiro atoms. The Morgan fingerprint density at radius 1 is 1.27 bits per heavy atom. The standard InChI is InChI=1S/C11H19N3O/c1-3-10-12-13-11(15-10)8-14-6-4-9(2)5-7-14/h9H,3-8H2,1-2H3. The second-order valence-corrected chi connectivity index (χ2v) is 4.40. The molecular formula is C11H19N3O. The van der Waals surface area contributed by atoms with Gasteiger partial charge in [-0.1, -0.05) is 13.8 Å². The third-order valence-corrected chi connectivity index (χ3v) is 3.05. The lowest BCUT2D eigenvalue weighted by Gasteiger charge is -2.28. The number of hydrogen-bond donors (Lipinski definition) is 0. The van der Waals surface area contributed by atoms with Crippen molar-refractivity contribution >= 4 is 0 Å². The Morgan fingerprint density at radius 3 is 2.53 bits per heavy atom. The molecule has 0 N–H and O–H groups in total. The van der Waals surface area contributed by atoms with Gasteiger partial charge in [0.2, 0.25) is 11.8 Å². The molecular weight excluding hydrogens is 190 g/mol. The Balaban J connectivity index is 1.86. The minimum Gasteiger partial charge on any atom is -0.424 e. The predicted molar refractivity (Wildman–Crippen MR) is 57.4 cm³/mol. The summed E-state index contributed by atoms with van der Waals surface area (Å²) in [6.45, 7) is 7.48. The number of aryl methyl sites for hydroxylation is 1. The van der Waals surface area contributed by atoms with Crippen molar-refractivity contribution in [3.8, 4) is 0 Å². The third-order valence-electron chi connectivity index (χ3n) is 3.05. The Bertz CT molecular complexity index is 303. The lowest BCUT2D eigenvalue weighted by atomic mass is 9.99. The summed E-state index contributed by atoms with van der Waals surface area (Å²) in [6.07, 6.45) is 3.40. The number of hydrogen-bond acceptors (Lipinski definition) is 4. The van der Waals surface area contributed by atoms with Gasteiger partial charge in [-0.2, -0.15) is 0 Å². The van der Waals surface area contributed by atoms with E-state index in [1.54, 1.807) is 0 Å².